The van der Waals surface area contributed by atoms with Crippen LogP contribution >= 0.6 is 0 Å². The number of benzene rings is 1. The molecule has 68 valence electrons. The maximum Gasteiger partial charge on any atom is 0.0766 e. The van der Waals surface area contributed by atoms with Crippen molar-refractivity contribution in [2.45, 2.75) is 5.54 Å². The fraction of sp³-hybridized carbons (Fsp3) is 0.400. The van der Waals surface area contributed by atoms with Gasteiger partial charge in [0.05, 0.1) is 5.54 Å². The van der Waals surface area contributed by atoms with Gasteiger partial charge in [-0.1, -0.05) is 18.2 Å². The Balaban J connectivity index is 2.11. The van der Waals surface area contributed by atoms with Gasteiger partial charge in [0.2, 0.25) is 0 Å². The lowest BCUT2D eigenvalue weighted by Gasteiger charge is -2.22. The molecule has 0 aliphatic carbocycles. The molecule has 1 aromatic rings. The first-order valence-corrected chi connectivity index (χ1v) is 4.70. The second-order valence-corrected chi connectivity index (χ2v) is 3.76. The minimum Gasteiger partial charge on any atom is -0.383 e. The van der Waals surface area contributed by atoms with Gasteiger partial charge in [0.25, 0.3) is 0 Å². The summed E-state index contributed by atoms with van der Waals surface area (Å²) in [6.07, 6.45) is 0. The Labute approximate surface area is 77.5 Å². The predicted molar refractivity (Wildman–Crippen MR) is 52.6 cm³/mol. The van der Waals surface area contributed by atoms with E-state index in [0.717, 1.165) is 19.8 Å². The van der Waals surface area contributed by atoms with Crippen molar-refractivity contribution >= 4 is 5.69 Å². The summed E-state index contributed by atoms with van der Waals surface area (Å²) >= 11 is 0. The second-order valence-electron chi connectivity index (χ2n) is 3.76. The predicted octanol–water partition coefficient (Wildman–Crippen LogP) is 0.458. The number of fused-ring (bicyclic) bond motifs is 2. The molecule has 0 radical (unpaired) electrons. The summed E-state index contributed by atoms with van der Waals surface area (Å²) in [5, 5.41) is 10.3. The molecule has 1 unspecified atom stereocenters. The van der Waals surface area contributed by atoms with Gasteiger partial charge in [-0.05, 0) is 11.6 Å². The fourth-order valence-corrected chi connectivity index (χ4v) is 2.28. The quantitative estimate of drug-likeness (QED) is 0.536. The molecule has 0 bridgehead atoms. The number of nitrogens with one attached hydrogen (secondary N) is 3. The van der Waals surface area contributed by atoms with Gasteiger partial charge < -0.3 is 10.6 Å². The van der Waals surface area contributed by atoms with Crippen LogP contribution in [0.5, 0.6) is 0 Å². The highest BCUT2D eigenvalue weighted by atomic mass is 15.2. The Kier molecular flexibility index (Phi) is 1.39. The Hall–Kier alpha value is -1.06. The van der Waals surface area contributed by atoms with Crippen molar-refractivity contribution in [1.29, 1.82) is 0 Å². The summed E-state index contributed by atoms with van der Waals surface area (Å²) in [4.78, 5) is 0. The van der Waals surface area contributed by atoms with E-state index in [-0.39, 0.29) is 5.54 Å². The Bertz CT molecular complexity index is 329. The van der Waals surface area contributed by atoms with Gasteiger partial charge in [-0.15, -0.1) is 0 Å². The van der Waals surface area contributed by atoms with Gasteiger partial charge >= 0.3 is 0 Å². The number of rotatable bonds is 0. The Morgan fingerprint density at radius 3 is 2.92 bits per heavy atom. The third-order valence-corrected chi connectivity index (χ3v) is 3.00. The first-order valence-electron chi connectivity index (χ1n) is 4.70. The molecular weight excluding hydrogens is 162 g/mol. The van der Waals surface area contributed by atoms with Crippen molar-refractivity contribution in [2.24, 2.45) is 0 Å². The normalized spacial score (nSPS) is 30.5. The lowest BCUT2D eigenvalue weighted by molar-refractivity contribution is 0.460. The maximum atomic E-state index is 3.51. The molecule has 1 fully saturated rings. The molecule has 2 aliphatic rings. The smallest absolute Gasteiger partial charge is 0.0766 e. The molecule has 3 nitrogen and oxygen atoms in total. The van der Waals surface area contributed by atoms with E-state index >= 15 is 0 Å². The highest BCUT2D eigenvalue weighted by molar-refractivity contribution is 5.60. The molecule has 3 rings (SSSR count). The third kappa shape index (κ3) is 0.913. The lowest BCUT2D eigenvalue weighted by Crippen LogP contribution is -2.41. The van der Waals surface area contributed by atoms with E-state index in [2.05, 4.69) is 40.2 Å². The van der Waals surface area contributed by atoms with Crippen molar-refractivity contribution in [3.63, 3.8) is 0 Å². The van der Waals surface area contributed by atoms with Gasteiger partial charge in [0, 0.05) is 25.4 Å². The molecular formula is C10H13N3. The summed E-state index contributed by atoms with van der Waals surface area (Å²) in [6, 6.07) is 8.53. The minimum absolute atomic E-state index is 0.149. The van der Waals surface area contributed by atoms with E-state index in [1.54, 1.807) is 0 Å². The minimum atomic E-state index is 0.149. The van der Waals surface area contributed by atoms with E-state index in [4.69, 9.17) is 0 Å². The van der Waals surface area contributed by atoms with Crippen molar-refractivity contribution in [2.75, 3.05) is 25.1 Å². The van der Waals surface area contributed by atoms with Crippen molar-refractivity contribution in [3.8, 4) is 0 Å². The van der Waals surface area contributed by atoms with Crippen molar-refractivity contribution in [3.05, 3.63) is 29.8 Å². The molecule has 0 amide bonds. The van der Waals surface area contributed by atoms with Gasteiger partial charge in [-0.25, -0.2) is 0 Å². The topological polar surface area (TPSA) is 36.1 Å². The molecule has 2 aliphatic heterocycles. The molecule has 1 aromatic carbocycles. The van der Waals surface area contributed by atoms with E-state index in [0.29, 0.717) is 0 Å². The van der Waals surface area contributed by atoms with Crippen LogP contribution < -0.4 is 16.0 Å². The number of hydrogen-bond donors (Lipinski definition) is 3. The molecule has 0 aromatic heterocycles. The summed E-state index contributed by atoms with van der Waals surface area (Å²) < 4.78 is 0. The summed E-state index contributed by atoms with van der Waals surface area (Å²) in [6.45, 7) is 2.94. The lowest BCUT2D eigenvalue weighted by atomic mass is 9.93. The molecule has 13 heavy (non-hydrogen) atoms. The maximum absolute atomic E-state index is 3.51. The molecule has 0 saturated carbocycles. The van der Waals surface area contributed by atoms with E-state index in [1.165, 1.54) is 11.3 Å². The largest absolute Gasteiger partial charge is 0.383 e. The first-order chi connectivity index (χ1) is 6.41. The highest BCUT2D eigenvalue weighted by Crippen LogP contribution is 2.35. The Morgan fingerprint density at radius 2 is 2.08 bits per heavy atom. The fourth-order valence-electron chi connectivity index (χ4n) is 2.28. The van der Waals surface area contributed by atoms with Crippen LogP contribution in [0, 0.1) is 0 Å². The standard InChI is InChI=1S/C10H13N3/c1-2-4-9-8(3-1)10(6-12-9)5-11-7-13-10/h1-4,11-13H,5-7H2. The molecule has 1 spiro atoms. The number of para-hydroxylation sites is 1. The van der Waals surface area contributed by atoms with Crippen LogP contribution in [0.15, 0.2) is 24.3 Å². The molecule has 1 atom stereocenters. The summed E-state index contributed by atoms with van der Waals surface area (Å²) in [7, 11) is 0. The molecule has 3 heteroatoms. The zero-order chi connectivity index (χ0) is 8.73. The van der Waals surface area contributed by atoms with Crippen LogP contribution in [0.25, 0.3) is 0 Å². The zero-order valence-electron chi connectivity index (χ0n) is 7.43. The summed E-state index contributed by atoms with van der Waals surface area (Å²) in [5.41, 5.74) is 2.83. The SMILES string of the molecule is c1ccc2c(c1)NCC21CNCN1. The van der Waals surface area contributed by atoms with Gasteiger partial charge in [0.15, 0.2) is 0 Å². The molecule has 2 heterocycles. The molecule has 3 N–H and O–H groups in total. The van der Waals surface area contributed by atoms with Crippen molar-refractivity contribution in [1.82, 2.24) is 10.6 Å². The average Bonchev–Trinajstić information content (AvgIpc) is 2.78. The Morgan fingerprint density at radius 1 is 1.15 bits per heavy atom. The molecule has 1 saturated heterocycles. The van der Waals surface area contributed by atoms with Crippen LogP contribution in [-0.2, 0) is 5.54 Å². The van der Waals surface area contributed by atoms with Gasteiger partial charge in [-0.2, -0.15) is 0 Å². The van der Waals surface area contributed by atoms with Gasteiger partial charge in [-0.3, -0.25) is 5.32 Å². The number of hydrogen-bond acceptors (Lipinski definition) is 3. The van der Waals surface area contributed by atoms with Crippen LogP contribution in [-0.4, -0.2) is 19.8 Å². The van der Waals surface area contributed by atoms with Crippen molar-refractivity contribution < 1.29 is 0 Å². The van der Waals surface area contributed by atoms with Crippen LogP contribution in [0.1, 0.15) is 5.56 Å². The summed E-state index contributed by atoms with van der Waals surface area (Å²) in [5.74, 6) is 0. The van der Waals surface area contributed by atoms with E-state index in [1.807, 2.05) is 0 Å². The first kappa shape index (κ1) is 7.35. The highest BCUT2D eigenvalue weighted by Gasteiger charge is 2.40. The monoisotopic (exact) mass is 175 g/mol. The second kappa shape index (κ2) is 2.47. The van der Waals surface area contributed by atoms with Crippen LogP contribution in [0.4, 0.5) is 5.69 Å². The van der Waals surface area contributed by atoms with E-state index in [9.17, 15) is 0 Å². The number of anilines is 1. The van der Waals surface area contributed by atoms with Crippen LogP contribution in [0.2, 0.25) is 0 Å². The average molecular weight is 175 g/mol. The zero-order valence-corrected chi connectivity index (χ0v) is 7.43. The van der Waals surface area contributed by atoms with Gasteiger partial charge in [0.1, 0.15) is 0 Å². The van der Waals surface area contributed by atoms with E-state index < -0.39 is 0 Å². The third-order valence-electron chi connectivity index (χ3n) is 3.00. The van der Waals surface area contributed by atoms with Crippen LogP contribution in [0.3, 0.4) is 0 Å².